The van der Waals surface area contributed by atoms with Gasteiger partial charge < -0.3 is 10.4 Å². The van der Waals surface area contributed by atoms with Crippen molar-refractivity contribution in [2.24, 2.45) is 5.92 Å². The second-order valence-electron chi connectivity index (χ2n) is 5.10. The summed E-state index contributed by atoms with van der Waals surface area (Å²) < 4.78 is 37.7. The summed E-state index contributed by atoms with van der Waals surface area (Å²) in [5.41, 5.74) is -0.632. The number of alkyl halides is 3. The zero-order valence-corrected chi connectivity index (χ0v) is 11.0. The summed E-state index contributed by atoms with van der Waals surface area (Å²) in [5.74, 6) is -1.78. The third-order valence-corrected chi connectivity index (χ3v) is 3.29. The fourth-order valence-electron chi connectivity index (χ4n) is 2.08. The van der Waals surface area contributed by atoms with E-state index >= 15 is 0 Å². The number of rotatable bonds is 5. The number of amides is 1. The Morgan fingerprint density at radius 2 is 2.00 bits per heavy atom. The number of carboxylic acid groups (broad SMARTS) is 1. The van der Waals surface area contributed by atoms with E-state index in [9.17, 15) is 22.8 Å². The van der Waals surface area contributed by atoms with Crippen molar-refractivity contribution in [2.75, 3.05) is 0 Å². The molecule has 1 aromatic carbocycles. The van der Waals surface area contributed by atoms with Crippen LogP contribution in [0.3, 0.4) is 0 Å². The third-order valence-electron chi connectivity index (χ3n) is 3.29. The molecule has 1 fully saturated rings. The second kappa shape index (κ2) is 5.75. The molecule has 0 spiro atoms. The number of carbonyl (C=O) groups excluding carboxylic acids is 1. The lowest BCUT2D eigenvalue weighted by Crippen LogP contribution is -2.43. The lowest BCUT2D eigenvalue weighted by Gasteiger charge is -2.14. The number of hydrogen-bond acceptors (Lipinski definition) is 2. The first kappa shape index (κ1) is 15.3. The quantitative estimate of drug-likeness (QED) is 0.876. The van der Waals surface area contributed by atoms with Crippen LogP contribution in [0.2, 0.25) is 0 Å². The van der Waals surface area contributed by atoms with Crippen LogP contribution in [0.1, 0.15) is 24.0 Å². The molecule has 1 aliphatic rings. The highest BCUT2D eigenvalue weighted by atomic mass is 19.4. The van der Waals surface area contributed by atoms with E-state index in [-0.39, 0.29) is 17.9 Å². The zero-order chi connectivity index (χ0) is 15.6. The van der Waals surface area contributed by atoms with Gasteiger partial charge in [-0.15, -0.1) is 0 Å². The fraction of sp³-hybridized carbons (Fsp3) is 0.429. The minimum Gasteiger partial charge on any atom is -0.480 e. The van der Waals surface area contributed by atoms with Gasteiger partial charge in [-0.25, -0.2) is 4.79 Å². The van der Waals surface area contributed by atoms with Crippen LogP contribution in [-0.4, -0.2) is 23.0 Å². The lowest BCUT2D eigenvalue weighted by molar-refractivity contribution is -0.142. The number of nitrogens with one attached hydrogen (secondary N) is 1. The summed E-state index contributed by atoms with van der Waals surface area (Å²) in [6.07, 6.45) is -3.27. The molecule has 2 N–H and O–H groups in total. The van der Waals surface area contributed by atoms with Gasteiger partial charge in [0.05, 0.1) is 12.0 Å². The summed E-state index contributed by atoms with van der Waals surface area (Å²) in [6.45, 7) is 0. The molecular formula is C14H14F3NO3. The average molecular weight is 301 g/mol. The summed E-state index contributed by atoms with van der Waals surface area (Å²) in [6, 6.07) is 3.49. The van der Waals surface area contributed by atoms with Crippen molar-refractivity contribution in [3.8, 4) is 0 Å². The van der Waals surface area contributed by atoms with Crippen LogP contribution in [0.25, 0.3) is 0 Å². The molecule has 1 unspecified atom stereocenters. The van der Waals surface area contributed by atoms with Gasteiger partial charge in [-0.2, -0.15) is 13.2 Å². The van der Waals surface area contributed by atoms with Crippen molar-refractivity contribution in [3.63, 3.8) is 0 Å². The Bertz CT molecular complexity index is 553. The van der Waals surface area contributed by atoms with E-state index in [1.54, 1.807) is 0 Å². The molecule has 0 aromatic heterocycles. The molecule has 4 nitrogen and oxygen atoms in total. The molecule has 1 amide bonds. The van der Waals surface area contributed by atoms with Gasteiger partial charge in [-0.3, -0.25) is 4.79 Å². The Kier molecular flexibility index (Phi) is 4.20. The predicted octanol–water partition coefficient (Wildman–Crippen LogP) is 2.23. The van der Waals surface area contributed by atoms with E-state index in [1.807, 2.05) is 0 Å². The van der Waals surface area contributed by atoms with Gasteiger partial charge in [0.15, 0.2) is 0 Å². The maximum Gasteiger partial charge on any atom is 0.416 e. The zero-order valence-electron chi connectivity index (χ0n) is 11.0. The van der Waals surface area contributed by atoms with Crippen LogP contribution in [0.15, 0.2) is 24.3 Å². The molecule has 0 saturated heterocycles. The van der Waals surface area contributed by atoms with E-state index < -0.39 is 29.7 Å². The van der Waals surface area contributed by atoms with Gasteiger partial charge in [0.25, 0.3) is 0 Å². The first-order valence-corrected chi connectivity index (χ1v) is 6.45. The molecule has 7 heteroatoms. The first-order valence-electron chi connectivity index (χ1n) is 6.45. The molecule has 1 saturated carbocycles. The van der Waals surface area contributed by atoms with Gasteiger partial charge in [0, 0.05) is 0 Å². The molecule has 1 aromatic rings. The van der Waals surface area contributed by atoms with Gasteiger partial charge in [0.2, 0.25) is 5.91 Å². The van der Waals surface area contributed by atoms with E-state index in [1.165, 1.54) is 12.1 Å². The van der Waals surface area contributed by atoms with Crippen LogP contribution in [-0.2, 0) is 22.2 Å². The smallest absolute Gasteiger partial charge is 0.416 e. The van der Waals surface area contributed by atoms with E-state index in [2.05, 4.69) is 5.32 Å². The van der Waals surface area contributed by atoms with Gasteiger partial charge in [0.1, 0.15) is 6.04 Å². The summed E-state index contributed by atoms with van der Waals surface area (Å²) in [5, 5.41) is 11.4. The topological polar surface area (TPSA) is 66.4 Å². The Balaban J connectivity index is 2.01. The largest absolute Gasteiger partial charge is 0.480 e. The standard InChI is InChI=1S/C14H14F3NO3/c15-14(16,17)10-3-1-2-8(6-10)7-11(19)18-12(13(20)21)9-4-5-9/h1-3,6,9,12H,4-5,7H2,(H,18,19)(H,20,21). The monoisotopic (exact) mass is 301 g/mol. The van der Waals surface area contributed by atoms with Crippen LogP contribution in [0.5, 0.6) is 0 Å². The SMILES string of the molecule is O=C(Cc1cccc(C(F)(F)F)c1)NC(C(=O)O)C1CC1. The van der Waals surface area contributed by atoms with E-state index in [4.69, 9.17) is 5.11 Å². The van der Waals surface area contributed by atoms with Gasteiger partial charge in [-0.05, 0) is 30.4 Å². The number of hydrogen-bond donors (Lipinski definition) is 2. The normalized spacial score (nSPS) is 16.3. The van der Waals surface area contributed by atoms with Crippen molar-refractivity contribution in [1.29, 1.82) is 0 Å². The Morgan fingerprint density at radius 3 is 2.52 bits per heavy atom. The van der Waals surface area contributed by atoms with Crippen molar-refractivity contribution < 1.29 is 27.9 Å². The summed E-state index contributed by atoms with van der Waals surface area (Å²) in [7, 11) is 0. The first-order chi connectivity index (χ1) is 9.77. The second-order valence-corrected chi connectivity index (χ2v) is 5.10. The fourth-order valence-corrected chi connectivity index (χ4v) is 2.08. The molecule has 2 rings (SSSR count). The lowest BCUT2D eigenvalue weighted by atomic mass is 10.1. The van der Waals surface area contributed by atoms with E-state index in [0.29, 0.717) is 0 Å². The molecule has 0 bridgehead atoms. The molecule has 0 aliphatic heterocycles. The number of benzene rings is 1. The highest BCUT2D eigenvalue weighted by Gasteiger charge is 2.37. The number of aliphatic carboxylic acids is 1. The molecule has 1 atom stereocenters. The Labute approximate surface area is 119 Å². The Morgan fingerprint density at radius 1 is 1.33 bits per heavy atom. The van der Waals surface area contributed by atoms with Gasteiger partial charge >= 0.3 is 12.1 Å². The minimum atomic E-state index is -4.47. The van der Waals surface area contributed by atoms with Crippen LogP contribution >= 0.6 is 0 Å². The highest BCUT2D eigenvalue weighted by molar-refractivity contribution is 5.85. The maximum atomic E-state index is 12.6. The van der Waals surface area contributed by atoms with Crippen LogP contribution < -0.4 is 5.32 Å². The third kappa shape index (κ3) is 4.21. The Hall–Kier alpha value is -2.05. The minimum absolute atomic E-state index is 0.0760. The number of carboxylic acids is 1. The number of carbonyl (C=O) groups is 2. The molecular weight excluding hydrogens is 287 g/mol. The summed E-state index contributed by atoms with van der Waals surface area (Å²) in [4.78, 5) is 22.8. The number of halogens is 3. The van der Waals surface area contributed by atoms with Crippen molar-refractivity contribution in [2.45, 2.75) is 31.5 Å². The van der Waals surface area contributed by atoms with Crippen molar-refractivity contribution in [3.05, 3.63) is 35.4 Å². The molecule has 114 valence electrons. The van der Waals surface area contributed by atoms with Crippen LogP contribution in [0.4, 0.5) is 13.2 Å². The molecule has 0 radical (unpaired) electrons. The highest BCUT2D eigenvalue weighted by Crippen LogP contribution is 2.33. The summed E-state index contributed by atoms with van der Waals surface area (Å²) >= 11 is 0. The van der Waals surface area contributed by atoms with E-state index in [0.717, 1.165) is 25.0 Å². The molecule has 21 heavy (non-hydrogen) atoms. The maximum absolute atomic E-state index is 12.6. The molecule has 0 heterocycles. The van der Waals surface area contributed by atoms with Crippen LogP contribution in [0, 0.1) is 5.92 Å². The average Bonchev–Trinajstić information content (AvgIpc) is 3.19. The van der Waals surface area contributed by atoms with Crippen molar-refractivity contribution in [1.82, 2.24) is 5.32 Å². The predicted molar refractivity (Wildman–Crippen MR) is 67.4 cm³/mol. The molecule has 1 aliphatic carbocycles. The van der Waals surface area contributed by atoms with Gasteiger partial charge in [-0.1, -0.05) is 18.2 Å². The van der Waals surface area contributed by atoms with Crippen molar-refractivity contribution >= 4 is 11.9 Å².